The number of amides is 1. The molecule has 0 aliphatic rings. The van der Waals surface area contributed by atoms with Crippen LogP contribution in [0.15, 0.2) is 33.3 Å². The first kappa shape index (κ1) is 15.3. The minimum Gasteiger partial charge on any atom is -0.480 e. The standard InChI is InChI=1S/C14H14Br2N2O2/c1-2-5-17-12(19)8-20-14-11(16)7-10(15)9-4-3-6-18-13(9)14/h3-4,6-7H,2,5,8H2,1H3,(H,17,19). The lowest BCUT2D eigenvalue weighted by Gasteiger charge is -2.11. The molecule has 106 valence electrons. The number of carbonyl (C=O) groups excluding carboxylic acids is 1. The second kappa shape index (κ2) is 7.04. The summed E-state index contributed by atoms with van der Waals surface area (Å²) >= 11 is 6.94. The lowest BCUT2D eigenvalue weighted by Crippen LogP contribution is -2.29. The van der Waals surface area contributed by atoms with Gasteiger partial charge >= 0.3 is 0 Å². The van der Waals surface area contributed by atoms with Gasteiger partial charge in [0.1, 0.15) is 5.52 Å². The highest BCUT2D eigenvalue weighted by Crippen LogP contribution is 2.37. The van der Waals surface area contributed by atoms with Crippen molar-refractivity contribution in [2.75, 3.05) is 13.2 Å². The SMILES string of the molecule is CCCNC(=O)COc1c(Br)cc(Br)c2cccnc12. The number of rotatable bonds is 5. The fraction of sp³-hybridized carbons (Fsp3) is 0.286. The van der Waals surface area contributed by atoms with Gasteiger partial charge in [0.05, 0.1) is 4.47 Å². The molecule has 1 heterocycles. The molecule has 0 radical (unpaired) electrons. The maximum Gasteiger partial charge on any atom is 0.257 e. The fourth-order valence-electron chi connectivity index (χ4n) is 1.74. The van der Waals surface area contributed by atoms with E-state index in [2.05, 4.69) is 42.2 Å². The Morgan fingerprint density at radius 3 is 2.95 bits per heavy atom. The summed E-state index contributed by atoms with van der Waals surface area (Å²) in [6.45, 7) is 2.64. The van der Waals surface area contributed by atoms with Gasteiger partial charge in [-0.15, -0.1) is 0 Å². The van der Waals surface area contributed by atoms with Crippen LogP contribution in [0.2, 0.25) is 0 Å². The van der Waals surface area contributed by atoms with Gasteiger partial charge < -0.3 is 10.1 Å². The van der Waals surface area contributed by atoms with Crippen molar-refractivity contribution in [3.63, 3.8) is 0 Å². The number of fused-ring (bicyclic) bond motifs is 1. The van der Waals surface area contributed by atoms with Crippen molar-refractivity contribution in [3.8, 4) is 5.75 Å². The maximum atomic E-state index is 11.6. The van der Waals surface area contributed by atoms with Crippen LogP contribution in [0.4, 0.5) is 0 Å². The van der Waals surface area contributed by atoms with Crippen LogP contribution in [0.25, 0.3) is 10.9 Å². The molecule has 0 atom stereocenters. The summed E-state index contributed by atoms with van der Waals surface area (Å²) in [6.07, 6.45) is 2.60. The zero-order valence-electron chi connectivity index (χ0n) is 11.0. The van der Waals surface area contributed by atoms with E-state index in [0.29, 0.717) is 12.3 Å². The molecule has 20 heavy (non-hydrogen) atoms. The van der Waals surface area contributed by atoms with Crippen molar-refractivity contribution in [3.05, 3.63) is 33.3 Å². The van der Waals surface area contributed by atoms with Crippen LogP contribution in [-0.2, 0) is 4.79 Å². The average molecular weight is 402 g/mol. The number of aromatic nitrogens is 1. The number of hydrogen-bond donors (Lipinski definition) is 1. The summed E-state index contributed by atoms with van der Waals surface area (Å²) in [4.78, 5) is 15.9. The zero-order chi connectivity index (χ0) is 14.5. The molecular weight excluding hydrogens is 388 g/mol. The monoisotopic (exact) mass is 400 g/mol. The van der Waals surface area contributed by atoms with Crippen LogP contribution in [0, 0.1) is 0 Å². The van der Waals surface area contributed by atoms with Crippen LogP contribution in [0.5, 0.6) is 5.75 Å². The van der Waals surface area contributed by atoms with E-state index in [9.17, 15) is 4.79 Å². The predicted octanol–water partition coefficient (Wildman–Crippen LogP) is 3.66. The van der Waals surface area contributed by atoms with Gasteiger partial charge in [-0.1, -0.05) is 28.9 Å². The van der Waals surface area contributed by atoms with Crippen LogP contribution in [0.1, 0.15) is 13.3 Å². The summed E-state index contributed by atoms with van der Waals surface area (Å²) in [7, 11) is 0. The van der Waals surface area contributed by atoms with E-state index in [0.717, 1.165) is 26.3 Å². The van der Waals surface area contributed by atoms with Crippen LogP contribution < -0.4 is 10.1 Å². The Bertz CT molecular complexity index is 632. The van der Waals surface area contributed by atoms with Gasteiger partial charge in [0, 0.05) is 22.6 Å². The first-order valence-corrected chi connectivity index (χ1v) is 7.84. The van der Waals surface area contributed by atoms with Crippen molar-refractivity contribution < 1.29 is 9.53 Å². The first-order chi connectivity index (χ1) is 9.63. The van der Waals surface area contributed by atoms with E-state index >= 15 is 0 Å². The third kappa shape index (κ3) is 3.49. The molecule has 6 heteroatoms. The first-order valence-electron chi connectivity index (χ1n) is 6.25. The number of carbonyl (C=O) groups is 1. The Balaban J connectivity index is 2.23. The molecule has 1 N–H and O–H groups in total. The minimum atomic E-state index is -0.134. The molecule has 1 aromatic carbocycles. The summed E-state index contributed by atoms with van der Waals surface area (Å²) in [5, 5.41) is 3.72. The molecule has 0 saturated heterocycles. The Labute approximate surface area is 134 Å². The molecule has 4 nitrogen and oxygen atoms in total. The second-order valence-corrected chi connectivity index (χ2v) is 5.92. The minimum absolute atomic E-state index is 0.0219. The molecule has 0 saturated carbocycles. The normalized spacial score (nSPS) is 10.6. The fourth-order valence-corrected chi connectivity index (χ4v) is 3.12. The number of benzene rings is 1. The highest BCUT2D eigenvalue weighted by Gasteiger charge is 2.13. The van der Waals surface area contributed by atoms with E-state index in [4.69, 9.17) is 4.74 Å². The molecule has 0 fully saturated rings. The van der Waals surface area contributed by atoms with Gasteiger partial charge in [-0.2, -0.15) is 0 Å². The third-order valence-electron chi connectivity index (χ3n) is 2.67. The number of pyridine rings is 1. The lowest BCUT2D eigenvalue weighted by atomic mass is 10.2. The van der Waals surface area contributed by atoms with E-state index in [1.165, 1.54) is 0 Å². The molecule has 0 spiro atoms. The van der Waals surface area contributed by atoms with Gasteiger partial charge in [-0.25, -0.2) is 0 Å². The molecule has 2 rings (SSSR count). The van der Waals surface area contributed by atoms with Crippen molar-refractivity contribution in [2.45, 2.75) is 13.3 Å². The van der Waals surface area contributed by atoms with Crippen LogP contribution in [-0.4, -0.2) is 24.0 Å². The van der Waals surface area contributed by atoms with Crippen LogP contribution >= 0.6 is 31.9 Å². The Morgan fingerprint density at radius 2 is 2.20 bits per heavy atom. The van der Waals surface area contributed by atoms with Gasteiger partial charge in [-0.3, -0.25) is 9.78 Å². The lowest BCUT2D eigenvalue weighted by molar-refractivity contribution is -0.123. The Kier molecular flexibility index (Phi) is 5.37. The maximum absolute atomic E-state index is 11.6. The second-order valence-electron chi connectivity index (χ2n) is 4.21. The Hall–Kier alpha value is -1.14. The average Bonchev–Trinajstić information content (AvgIpc) is 2.45. The summed E-state index contributed by atoms with van der Waals surface area (Å²) in [6, 6.07) is 5.70. The molecule has 0 aliphatic heterocycles. The number of nitrogens with zero attached hydrogens (tertiary/aromatic N) is 1. The van der Waals surface area contributed by atoms with Gasteiger partial charge in [0.2, 0.25) is 0 Å². The summed E-state index contributed by atoms with van der Waals surface area (Å²) in [5.41, 5.74) is 0.719. The summed E-state index contributed by atoms with van der Waals surface area (Å²) in [5.74, 6) is 0.446. The number of hydrogen-bond acceptors (Lipinski definition) is 3. The highest BCUT2D eigenvalue weighted by atomic mass is 79.9. The van der Waals surface area contributed by atoms with Crippen LogP contribution in [0.3, 0.4) is 0 Å². The van der Waals surface area contributed by atoms with E-state index in [1.54, 1.807) is 6.20 Å². The molecular formula is C14H14Br2N2O2. The van der Waals surface area contributed by atoms with Gasteiger partial charge in [0.15, 0.2) is 12.4 Å². The predicted molar refractivity (Wildman–Crippen MR) is 85.9 cm³/mol. The number of nitrogens with one attached hydrogen (secondary N) is 1. The van der Waals surface area contributed by atoms with Gasteiger partial charge in [0.25, 0.3) is 5.91 Å². The Morgan fingerprint density at radius 1 is 1.40 bits per heavy atom. The van der Waals surface area contributed by atoms with Gasteiger partial charge in [-0.05, 0) is 34.5 Å². The van der Waals surface area contributed by atoms with Crippen molar-refractivity contribution in [2.24, 2.45) is 0 Å². The summed E-state index contributed by atoms with van der Waals surface area (Å²) < 4.78 is 7.31. The highest BCUT2D eigenvalue weighted by molar-refractivity contribution is 9.11. The largest absolute Gasteiger partial charge is 0.480 e. The molecule has 1 aromatic heterocycles. The molecule has 2 aromatic rings. The van der Waals surface area contributed by atoms with E-state index in [-0.39, 0.29) is 12.5 Å². The quantitative estimate of drug-likeness (QED) is 0.831. The zero-order valence-corrected chi connectivity index (χ0v) is 14.1. The smallest absolute Gasteiger partial charge is 0.257 e. The third-order valence-corrected chi connectivity index (χ3v) is 3.92. The number of halogens is 2. The topological polar surface area (TPSA) is 51.2 Å². The molecule has 1 amide bonds. The van der Waals surface area contributed by atoms with E-state index < -0.39 is 0 Å². The van der Waals surface area contributed by atoms with Crippen molar-refractivity contribution >= 4 is 48.7 Å². The van der Waals surface area contributed by atoms with E-state index in [1.807, 2.05) is 25.1 Å². The van der Waals surface area contributed by atoms with Crippen molar-refractivity contribution in [1.29, 1.82) is 0 Å². The number of ether oxygens (including phenoxy) is 1. The molecule has 0 unspecified atom stereocenters. The van der Waals surface area contributed by atoms with Crippen molar-refractivity contribution in [1.82, 2.24) is 10.3 Å². The molecule has 0 aliphatic carbocycles. The molecule has 0 bridgehead atoms.